The molecule has 0 aliphatic heterocycles. The summed E-state index contributed by atoms with van der Waals surface area (Å²) in [6.45, 7) is 0. The van der Waals surface area contributed by atoms with Crippen LogP contribution in [-0.2, 0) is 0 Å². The highest BCUT2D eigenvalue weighted by Crippen LogP contribution is 2.40. The van der Waals surface area contributed by atoms with Gasteiger partial charge in [-0.3, -0.25) is 0 Å². The van der Waals surface area contributed by atoms with E-state index in [2.05, 4.69) is 4.98 Å². The van der Waals surface area contributed by atoms with Crippen LogP contribution in [0.5, 0.6) is 5.75 Å². The topological polar surface area (TPSA) is 27.1 Å². The molecule has 0 bridgehead atoms. The molecule has 1 aliphatic carbocycles. The Labute approximate surface area is 98.9 Å². The van der Waals surface area contributed by atoms with E-state index in [1.165, 1.54) is 6.07 Å². The van der Waals surface area contributed by atoms with Crippen LogP contribution in [0, 0.1) is 5.82 Å². The summed E-state index contributed by atoms with van der Waals surface area (Å²) in [5, 5.41) is 0. The van der Waals surface area contributed by atoms with Gasteiger partial charge in [0.15, 0.2) is 0 Å². The lowest BCUT2D eigenvalue weighted by molar-refractivity contribution is 0.412. The lowest BCUT2D eigenvalue weighted by atomic mass is 10.1. The van der Waals surface area contributed by atoms with E-state index >= 15 is 0 Å². The van der Waals surface area contributed by atoms with Crippen molar-refractivity contribution in [2.75, 3.05) is 7.11 Å². The number of imidazole rings is 1. The van der Waals surface area contributed by atoms with Crippen molar-refractivity contribution in [3.05, 3.63) is 36.4 Å². The number of methoxy groups -OCH3 is 1. The second kappa shape index (κ2) is 3.87. The fraction of sp³-hybridized carbons (Fsp3) is 0.308. The molecule has 0 atom stereocenters. The molecule has 3 rings (SSSR count). The molecule has 88 valence electrons. The molecule has 17 heavy (non-hydrogen) atoms. The average molecular weight is 232 g/mol. The van der Waals surface area contributed by atoms with Gasteiger partial charge in [0.1, 0.15) is 17.4 Å². The van der Waals surface area contributed by atoms with Crippen molar-refractivity contribution in [1.82, 2.24) is 9.55 Å². The zero-order valence-corrected chi connectivity index (χ0v) is 9.56. The quantitative estimate of drug-likeness (QED) is 0.813. The molecule has 1 aromatic carbocycles. The predicted octanol–water partition coefficient (Wildman–Crippen LogP) is 3.03. The Morgan fingerprint density at radius 1 is 1.41 bits per heavy atom. The van der Waals surface area contributed by atoms with Crippen molar-refractivity contribution in [1.29, 1.82) is 0 Å². The Morgan fingerprint density at radius 3 is 2.94 bits per heavy atom. The van der Waals surface area contributed by atoms with Crippen molar-refractivity contribution in [3.8, 4) is 17.1 Å². The number of ether oxygens (including phenoxy) is 1. The van der Waals surface area contributed by atoms with Crippen molar-refractivity contribution in [2.45, 2.75) is 18.9 Å². The van der Waals surface area contributed by atoms with E-state index in [0.717, 1.165) is 12.8 Å². The van der Waals surface area contributed by atoms with Crippen molar-refractivity contribution >= 4 is 0 Å². The molecule has 1 saturated carbocycles. The van der Waals surface area contributed by atoms with Gasteiger partial charge in [-0.1, -0.05) is 6.07 Å². The molecule has 0 radical (unpaired) electrons. The van der Waals surface area contributed by atoms with E-state index in [-0.39, 0.29) is 5.82 Å². The zero-order valence-electron chi connectivity index (χ0n) is 9.56. The van der Waals surface area contributed by atoms with Crippen LogP contribution in [0.15, 0.2) is 30.6 Å². The van der Waals surface area contributed by atoms with Gasteiger partial charge in [-0.2, -0.15) is 0 Å². The fourth-order valence-corrected chi connectivity index (χ4v) is 2.05. The maximum absolute atomic E-state index is 13.9. The Hall–Kier alpha value is -1.84. The van der Waals surface area contributed by atoms with Gasteiger partial charge in [0.05, 0.1) is 12.7 Å². The summed E-state index contributed by atoms with van der Waals surface area (Å²) in [7, 11) is 1.54. The standard InChI is InChI=1S/C13H13FN2O/c1-17-11-4-2-3-10(14)12(11)13-15-7-8-16(13)9-5-6-9/h2-4,7-9H,5-6H2,1H3. The second-order valence-corrected chi connectivity index (χ2v) is 4.21. The summed E-state index contributed by atoms with van der Waals surface area (Å²) in [4.78, 5) is 4.26. The highest BCUT2D eigenvalue weighted by Gasteiger charge is 2.27. The van der Waals surface area contributed by atoms with Gasteiger partial charge in [0, 0.05) is 18.4 Å². The van der Waals surface area contributed by atoms with E-state index in [0.29, 0.717) is 23.2 Å². The van der Waals surface area contributed by atoms with E-state index in [4.69, 9.17) is 4.74 Å². The summed E-state index contributed by atoms with van der Waals surface area (Å²) in [6.07, 6.45) is 5.89. The molecule has 0 spiro atoms. The summed E-state index contributed by atoms with van der Waals surface area (Å²) < 4.78 is 21.2. The molecular weight excluding hydrogens is 219 g/mol. The number of rotatable bonds is 3. The molecule has 1 heterocycles. The first-order chi connectivity index (χ1) is 8.31. The highest BCUT2D eigenvalue weighted by atomic mass is 19.1. The lowest BCUT2D eigenvalue weighted by Crippen LogP contribution is -2.00. The molecule has 0 amide bonds. The van der Waals surface area contributed by atoms with Gasteiger partial charge in [-0.05, 0) is 25.0 Å². The zero-order chi connectivity index (χ0) is 11.8. The molecule has 1 aliphatic rings. The number of hydrogen-bond acceptors (Lipinski definition) is 2. The van der Waals surface area contributed by atoms with Crippen LogP contribution in [0.4, 0.5) is 4.39 Å². The molecular formula is C13H13FN2O. The molecule has 1 fully saturated rings. The maximum atomic E-state index is 13.9. The van der Waals surface area contributed by atoms with Crippen LogP contribution in [0.3, 0.4) is 0 Å². The fourth-order valence-electron chi connectivity index (χ4n) is 2.05. The molecule has 3 nitrogen and oxygen atoms in total. The van der Waals surface area contributed by atoms with Gasteiger partial charge in [0.25, 0.3) is 0 Å². The van der Waals surface area contributed by atoms with Gasteiger partial charge in [-0.15, -0.1) is 0 Å². The van der Waals surface area contributed by atoms with E-state index in [1.807, 2.05) is 10.8 Å². The largest absolute Gasteiger partial charge is 0.496 e. The third-order valence-electron chi connectivity index (χ3n) is 3.03. The normalized spacial score (nSPS) is 14.9. The molecule has 1 aromatic heterocycles. The number of aromatic nitrogens is 2. The minimum atomic E-state index is -0.294. The number of benzene rings is 1. The van der Waals surface area contributed by atoms with Crippen molar-refractivity contribution in [3.63, 3.8) is 0 Å². The smallest absolute Gasteiger partial charge is 0.146 e. The first kappa shape index (κ1) is 10.3. The highest BCUT2D eigenvalue weighted by molar-refractivity contribution is 5.65. The van der Waals surface area contributed by atoms with Crippen LogP contribution in [0.2, 0.25) is 0 Å². The predicted molar refractivity (Wildman–Crippen MR) is 62.4 cm³/mol. The summed E-state index contributed by atoms with van der Waals surface area (Å²) in [5.74, 6) is 0.887. The number of halogens is 1. The monoisotopic (exact) mass is 232 g/mol. The molecule has 0 N–H and O–H groups in total. The Balaban J connectivity index is 2.16. The molecule has 2 aromatic rings. The Morgan fingerprint density at radius 2 is 2.24 bits per heavy atom. The van der Waals surface area contributed by atoms with Crippen molar-refractivity contribution < 1.29 is 9.13 Å². The molecule has 4 heteroatoms. The Kier molecular flexibility index (Phi) is 2.35. The van der Waals surface area contributed by atoms with Gasteiger partial charge in [0.2, 0.25) is 0 Å². The first-order valence-corrected chi connectivity index (χ1v) is 5.67. The van der Waals surface area contributed by atoms with Crippen LogP contribution in [0.1, 0.15) is 18.9 Å². The second-order valence-electron chi connectivity index (χ2n) is 4.21. The maximum Gasteiger partial charge on any atom is 0.146 e. The van der Waals surface area contributed by atoms with Crippen LogP contribution in [0.25, 0.3) is 11.4 Å². The van der Waals surface area contributed by atoms with Gasteiger partial charge in [-0.25, -0.2) is 9.37 Å². The summed E-state index contributed by atoms with van der Waals surface area (Å²) in [6, 6.07) is 5.30. The SMILES string of the molecule is COc1cccc(F)c1-c1nccn1C1CC1. The van der Waals surface area contributed by atoms with Crippen LogP contribution < -0.4 is 4.74 Å². The van der Waals surface area contributed by atoms with Gasteiger partial charge < -0.3 is 9.30 Å². The first-order valence-electron chi connectivity index (χ1n) is 5.67. The summed E-state index contributed by atoms with van der Waals surface area (Å²) in [5.41, 5.74) is 0.451. The summed E-state index contributed by atoms with van der Waals surface area (Å²) >= 11 is 0. The van der Waals surface area contributed by atoms with Crippen LogP contribution in [-0.4, -0.2) is 16.7 Å². The lowest BCUT2D eigenvalue weighted by Gasteiger charge is -2.11. The third-order valence-corrected chi connectivity index (χ3v) is 3.03. The Bertz CT molecular complexity index is 546. The third kappa shape index (κ3) is 1.69. The van der Waals surface area contributed by atoms with E-state index in [1.54, 1.807) is 25.4 Å². The van der Waals surface area contributed by atoms with E-state index < -0.39 is 0 Å². The average Bonchev–Trinajstić information content (AvgIpc) is 3.08. The number of hydrogen-bond donors (Lipinski definition) is 0. The van der Waals surface area contributed by atoms with E-state index in [9.17, 15) is 4.39 Å². The van der Waals surface area contributed by atoms with Gasteiger partial charge >= 0.3 is 0 Å². The van der Waals surface area contributed by atoms with Crippen LogP contribution >= 0.6 is 0 Å². The number of nitrogens with zero attached hydrogens (tertiary/aromatic N) is 2. The van der Waals surface area contributed by atoms with Crippen molar-refractivity contribution in [2.24, 2.45) is 0 Å². The minimum Gasteiger partial charge on any atom is -0.496 e. The molecule has 0 saturated heterocycles. The molecule has 0 unspecified atom stereocenters. The minimum absolute atomic E-state index is 0.294.